The van der Waals surface area contributed by atoms with Crippen molar-refractivity contribution < 1.29 is 0 Å². The number of guanidine groups is 1. The highest BCUT2D eigenvalue weighted by molar-refractivity contribution is 5.80. The van der Waals surface area contributed by atoms with E-state index in [1.54, 1.807) is 0 Å². The van der Waals surface area contributed by atoms with E-state index in [0.29, 0.717) is 0 Å². The van der Waals surface area contributed by atoms with Crippen molar-refractivity contribution in [2.45, 2.75) is 0 Å². The lowest BCUT2D eigenvalue weighted by Crippen LogP contribution is -2.18. The van der Waals surface area contributed by atoms with Crippen LogP contribution >= 0.6 is 0 Å². The summed E-state index contributed by atoms with van der Waals surface area (Å²) in [5.41, 5.74) is 0. The van der Waals surface area contributed by atoms with Gasteiger partial charge in [0, 0.05) is 26.2 Å². The third-order valence-corrected chi connectivity index (χ3v) is 1.49. The number of rotatable bonds is 0. The van der Waals surface area contributed by atoms with Crippen LogP contribution in [-0.2, 0) is 0 Å². The molecular weight excluding hydrogens is 102 g/mol. The first kappa shape index (κ1) is 4.18. The molecule has 0 atom stereocenters. The van der Waals surface area contributed by atoms with Crippen LogP contribution in [0.1, 0.15) is 0 Å². The Kier molecular flexibility index (Phi) is 0.604. The number of nitrogens with one attached hydrogen (secondary N) is 1. The molecule has 0 spiro atoms. The molecular formula is C5H9N3. The molecule has 1 N–H and O–H groups in total. The zero-order valence-electron chi connectivity index (χ0n) is 4.72. The van der Waals surface area contributed by atoms with Gasteiger partial charge in [-0.05, 0) is 0 Å². The highest BCUT2D eigenvalue weighted by Gasteiger charge is 2.30. The van der Waals surface area contributed by atoms with E-state index in [-0.39, 0.29) is 0 Å². The monoisotopic (exact) mass is 111 g/mol. The van der Waals surface area contributed by atoms with Crippen molar-refractivity contribution in [3.63, 3.8) is 0 Å². The SMILES string of the molecule is N=C(N1CC1)N1CC1. The average Bonchev–Trinajstić information content (AvgIpc) is 2.63. The second-order valence-corrected chi connectivity index (χ2v) is 2.30. The van der Waals surface area contributed by atoms with Crippen LogP contribution in [0.2, 0.25) is 0 Å². The molecule has 8 heavy (non-hydrogen) atoms. The van der Waals surface area contributed by atoms with E-state index in [1.807, 2.05) is 0 Å². The van der Waals surface area contributed by atoms with E-state index in [0.717, 1.165) is 32.1 Å². The van der Waals surface area contributed by atoms with Gasteiger partial charge in [0.2, 0.25) is 0 Å². The minimum Gasteiger partial charge on any atom is -0.339 e. The highest BCUT2D eigenvalue weighted by Crippen LogP contribution is 2.12. The lowest BCUT2D eigenvalue weighted by Gasteiger charge is -2.02. The molecule has 2 saturated heterocycles. The van der Waals surface area contributed by atoms with Gasteiger partial charge >= 0.3 is 0 Å². The minimum absolute atomic E-state index is 0.741. The Labute approximate surface area is 48.4 Å². The molecule has 0 aromatic carbocycles. The summed E-state index contributed by atoms with van der Waals surface area (Å²) in [5, 5.41) is 7.38. The fourth-order valence-corrected chi connectivity index (χ4v) is 0.724. The van der Waals surface area contributed by atoms with Crippen LogP contribution in [0, 0.1) is 5.41 Å². The van der Waals surface area contributed by atoms with Gasteiger partial charge < -0.3 is 9.80 Å². The van der Waals surface area contributed by atoms with Gasteiger partial charge in [0.05, 0.1) is 0 Å². The zero-order chi connectivity index (χ0) is 5.56. The normalized spacial score (nSPS) is 23.5. The van der Waals surface area contributed by atoms with E-state index in [2.05, 4.69) is 9.80 Å². The van der Waals surface area contributed by atoms with E-state index < -0.39 is 0 Å². The lowest BCUT2D eigenvalue weighted by molar-refractivity contribution is 0.674. The molecule has 0 aliphatic carbocycles. The molecule has 0 saturated carbocycles. The maximum absolute atomic E-state index is 7.38. The molecule has 2 aliphatic rings. The van der Waals surface area contributed by atoms with Crippen molar-refractivity contribution in [1.82, 2.24) is 9.80 Å². The van der Waals surface area contributed by atoms with E-state index in [9.17, 15) is 0 Å². The predicted octanol–water partition coefficient (Wildman–Crippen LogP) is -0.448. The molecule has 0 aromatic heterocycles. The molecule has 3 nitrogen and oxygen atoms in total. The molecule has 0 unspecified atom stereocenters. The molecule has 2 heterocycles. The molecule has 0 bridgehead atoms. The summed E-state index contributed by atoms with van der Waals surface area (Å²) in [4.78, 5) is 4.12. The standard InChI is InChI=1S/C5H9N3/c6-5(7-1-2-7)8-3-4-8/h6H,1-4H2. The fourth-order valence-electron chi connectivity index (χ4n) is 0.724. The van der Waals surface area contributed by atoms with Crippen LogP contribution in [0.15, 0.2) is 0 Å². The van der Waals surface area contributed by atoms with Gasteiger partial charge in [0.25, 0.3) is 0 Å². The van der Waals surface area contributed by atoms with E-state index in [4.69, 9.17) is 5.41 Å². The van der Waals surface area contributed by atoms with Crippen LogP contribution < -0.4 is 0 Å². The lowest BCUT2D eigenvalue weighted by atomic mass is 10.9. The Morgan fingerprint density at radius 3 is 1.62 bits per heavy atom. The minimum atomic E-state index is 0.741. The van der Waals surface area contributed by atoms with Crippen LogP contribution in [0.25, 0.3) is 0 Å². The van der Waals surface area contributed by atoms with Gasteiger partial charge in [-0.15, -0.1) is 0 Å². The Hall–Kier alpha value is -0.730. The molecule has 2 fully saturated rings. The molecule has 0 aromatic rings. The topological polar surface area (TPSA) is 29.9 Å². The first-order chi connectivity index (χ1) is 3.88. The predicted molar refractivity (Wildman–Crippen MR) is 30.9 cm³/mol. The maximum Gasteiger partial charge on any atom is 0.193 e. The largest absolute Gasteiger partial charge is 0.339 e. The first-order valence-corrected chi connectivity index (χ1v) is 2.96. The number of nitrogens with zero attached hydrogens (tertiary/aromatic N) is 2. The summed E-state index contributed by atoms with van der Waals surface area (Å²) in [6.07, 6.45) is 0. The van der Waals surface area contributed by atoms with Crippen molar-refractivity contribution in [1.29, 1.82) is 5.41 Å². The van der Waals surface area contributed by atoms with Crippen molar-refractivity contribution >= 4 is 5.96 Å². The Balaban J connectivity index is 1.93. The summed E-state index contributed by atoms with van der Waals surface area (Å²) in [7, 11) is 0. The van der Waals surface area contributed by atoms with E-state index in [1.165, 1.54) is 0 Å². The quantitative estimate of drug-likeness (QED) is 0.261. The second kappa shape index (κ2) is 1.16. The number of hydrogen-bond acceptors (Lipinski definition) is 1. The van der Waals surface area contributed by atoms with E-state index >= 15 is 0 Å². The summed E-state index contributed by atoms with van der Waals surface area (Å²) in [6.45, 7) is 4.43. The molecule has 2 rings (SSSR count). The van der Waals surface area contributed by atoms with Crippen LogP contribution in [0.5, 0.6) is 0 Å². The molecule has 0 radical (unpaired) electrons. The van der Waals surface area contributed by atoms with Gasteiger partial charge in [-0.25, -0.2) is 0 Å². The van der Waals surface area contributed by atoms with Crippen LogP contribution in [0.4, 0.5) is 0 Å². The third-order valence-electron chi connectivity index (χ3n) is 1.49. The van der Waals surface area contributed by atoms with Crippen LogP contribution in [-0.4, -0.2) is 41.9 Å². The summed E-state index contributed by atoms with van der Waals surface area (Å²) >= 11 is 0. The Morgan fingerprint density at radius 1 is 1.00 bits per heavy atom. The van der Waals surface area contributed by atoms with Crippen molar-refractivity contribution in [3.8, 4) is 0 Å². The van der Waals surface area contributed by atoms with Crippen molar-refractivity contribution in [2.24, 2.45) is 0 Å². The van der Waals surface area contributed by atoms with Crippen molar-refractivity contribution in [3.05, 3.63) is 0 Å². The Morgan fingerprint density at radius 2 is 1.38 bits per heavy atom. The Bertz CT molecular complexity index is 110. The zero-order valence-corrected chi connectivity index (χ0v) is 4.72. The van der Waals surface area contributed by atoms with Gasteiger partial charge in [0.15, 0.2) is 5.96 Å². The van der Waals surface area contributed by atoms with Gasteiger partial charge in [-0.1, -0.05) is 0 Å². The average molecular weight is 111 g/mol. The van der Waals surface area contributed by atoms with Gasteiger partial charge in [-0.2, -0.15) is 0 Å². The maximum atomic E-state index is 7.38. The van der Waals surface area contributed by atoms with Crippen molar-refractivity contribution in [2.75, 3.05) is 26.2 Å². The molecule has 0 amide bonds. The van der Waals surface area contributed by atoms with Gasteiger partial charge in [-0.3, -0.25) is 5.41 Å². The second-order valence-electron chi connectivity index (χ2n) is 2.30. The summed E-state index contributed by atoms with van der Waals surface area (Å²) < 4.78 is 0. The molecule has 2 aliphatic heterocycles. The summed E-state index contributed by atoms with van der Waals surface area (Å²) in [6, 6.07) is 0. The molecule has 3 heteroatoms. The first-order valence-electron chi connectivity index (χ1n) is 2.96. The third kappa shape index (κ3) is 0.546. The molecule has 44 valence electrons. The fraction of sp³-hybridized carbons (Fsp3) is 0.800. The summed E-state index contributed by atoms with van der Waals surface area (Å²) in [5.74, 6) is 0.741. The highest BCUT2D eigenvalue weighted by atomic mass is 15.5. The number of hydrogen-bond donors (Lipinski definition) is 1. The van der Waals surface area contributed by atoms with Gasteiger partial charge in [0.1, 0.15) is 0 Å². The smallest absolute Gasteiger partial charge is 0.193 e. The van der Waals surface area contributed by atoms with Crippen LogP contribution in [0.3, 0.4) is 0 Å².